The molecule has 12 heavy (non-hydrogen) atoms. The van der Waals surface area contributed by atoms with Gasteiger partial charge in [0.25, 0.3) is 0 Å². The summed E-state index contributed by atoms with van der Waals surface area (Å²) in [6.45, 7) is 0. The molecule has 0 unspecified atom stereocenters. The predicted octanol–water partition coefficient (Wildman–Crippen LogP) is 3.73. The molecular formula is C4H12Cl4OPtS2. The standard InChI is InChI=1S/C2H6OS.C2H6S.4ClH.Pt/c1-4(2)3;1-3-2;;;;;/h1-2H3;1-2H3;4*1H;/q;;;;;;+4/p-4. The van der Waals surface area contributed by atoms with Gasteiger partial charge >= 0.3 is 49.6 Å². The van der Waals surface area contributed by atoms with Crippen LogP contribution in [0.2, 0.25) is 0 Å². The summed E-state index contributed by atoms with van der Waals surface area (Å²) in [7, 11) is 19.4. The Morgan fingerprint density at radius 1 is 1.08 bits per heavy atom. The monoisotopic (exact) mass is 475 g/mol. The summed E-state index contributed by atoms with van der Waals surface area (Å²) in [5.74, 6) is 0. The molecule has 0 heterocycles. The zero-order valence-electron chi connectivity index (χ0n) is 7.05. The molecule has 1 nitrogen and oxygen atoms in total. The zero-order chi connectivity index (χ0) is 10.8. The normalized spacial score (nSPS) is 10.8. The SMILES string of the molecule is CS(C)=O.CSC.[Cl][Pt]([Cl])([Cl])[Cl]. The molecular weight excluding hydrogens is 465 g/mol. The first-order valence-corrected chi connectivity index (χ1v) is 17.1. The summed E-state index contributed by atoms with van der Waals surface area (Å²) in [4.78, 5) is 0. The number of thioether (sulfide) groups is 1. The summed E-state index contributed by atoms with van der Waals surface area (Å²) in [5.41, 5.74) is 0. The fraction of sp³-hybridized carbons (Fsp3) is 1.00. The molecule has 0 atom stereocenters. The first-order valence-electron chi connectivity index (χ1n) is 2.28. The summed E-state index contributed by atoms with van der Waals surface area (Å²) in [6, 6.07) is 0. The van der Waals surface area contributed by atoms with E-state index in [2.05, 4.69) is 0 Å². The molecule has 0 radical (unpaired) electrons. The van der Waals surface area contributed by atoms with Gasteiger partial charge in [-0.3, -0.25) is 4.21 Å². The van der Waals surface area contributed by atoms with Gasteiger partial charge in [-0.05, 0) is 12.5 Å². The summed E-state index contributed by atoms with van der Waals surface area (Å²) < 4.78 is 9.56. The van der Waals surface area contributed by atoms with Gasteiger partial charge in [0.2, 0.25) is 0 Å². The second-order valence-electron chi connectivity index (χ2n) is 1.42. The van der Waals surface area contributed by atoms with Crippen LogP contribution < -0.4 is 0 Å². The minimum atomic E-state index is -3.06. The Morgan fingerprint density at radius 2 is 1.08 bits per heavy atom. The van der Waals surface area contributed by atoms with E-state index in [1.807, 2.05) is 12.5 Å². The molecule has 0 aromatic rings. The number of halogens is 4. The molecule has 0 bridgehead atoms. The van der Waals surface area contributed by atoms with Gasteiger partial charge in [-0.1, -0.05) is 0 Å². The van der Waals surface area contributed by atoms with Gasteiger partial charge in [-0.25, -0.2) is 0 Å². The van der Waals surface area contributed by atoms with Crippen LogP contribution >= 0.6 is 49.4 Å². The molecule has 0 spiro atoms. The van der Waals surface area contributed by atoms with E-state index in [1.54, 1.807) is 24.3 Å². The molecule has 0 aromatic carbocycles. The van der Waals surface area contributed by atoms with E-state index >= 15 is 0 Å². The molecule has 0 aliphatic carbocycles. The Balaban J connectivity index is -0.000000105. The van der Waals surface area contributed by atoms with Crippen molar-refractivity contribution >= 4 is 60.2 Å². The van der Waals surface area contributed by atoms with E-state index in [4.69, 9.17) is 37.7 Å². The number of hydrogen-bond donors (Lipinski definition) is 0. The minimum absolute atomic E-state index is 0.611. The van der Waals surface area contributed by atoms with E-state index in [1.165, 1.54) is 0 Å². The maximum atomic E-state index is 9.56. The molecule has 0 saturated carbocycles. The van der Waals surface area contributed by atoms with Crippen LogP contribution in [0.25, 0.3) is 0 Å². The van der Waals surface area contributed by atoms with Crippen molar-refractivity contribution in [3.05, 3.63) is 0 Å². The third kappa shape index (κ3) is 288. The van der Waals surface area contributed by atoms with Crippen molar-refractivity contribution in [1.82, 2.24) is 0 Å². The summed E-state index contributed by atoms with van der Waals surface area (Å²) in [6.07, 6.45) is 7.36. The molecule has 0 amide bonds. The van der Waals surface area contributed by atoms with E-state index in [9.17, 15) is 4.21 Å². The molecule has 0 aliphatic rings. The Kier molecular flexibility index (Phi) is 22.1. The van der Waals surface area contributed by atoms with Crippen molar-refractivity contribution in [3.8, 4) is 0 Å². The second-order valence-corrected chi connectivity index (χ2v) is 23.4. The van der Waals surface area contributed by atoms with Crippen LogP contribution in [0.15, 0.2) is 0 Å². The van der Waals surface area contributed by atoms with E-state index < -0.39 is 22.7 Å². The summed E-state index contributed by atoms with van der Waals surface area (Å²) in [5, 5.41) is 0. The maximum absolute atomic E-state index is 9.56. The van der Waals surface area contributed by atoms with Crippen molar-refractivity contribution in [2.24, 2.45) is 0 Å². The van der Waals surface area contributed by atoms with Gasteiger partial charge in [0.1, 0.15) is 0 Å². The second kappa shape index (κ2) is 13.3. The van der Waals surface area contributed by atoms with Gasteiger partial charge in [0, 0.05) is 23.3 Å². The molecule has 0 fully saturated rings. The van der Waals surface area contributed by atoms with Crippen LogP contribution in [-0.2, 0) is 22.7 Å². The predicted molar refractivity (Wildman–Crippen MR) is 62.8 cm³/mol. The van der Waals surface area contributed by atoms with Gasteiger partial charge < -0.3 is 0 Å². The fourth-order valence-electron chi connectivity index (χ4n) is 0. The summed E-state index contributed by atoms with van der Waals surface area (Å²) >= 11 is -1.31. The first-order chi connectivity index (χ1) is 5.15. The Labute approximate surface area is 100 Å². The topological polar surface area (TPSA) is 17.1 Å². The van der Waals surface area contributed by atoms with Crippen LogP contribution in [0.5, 0.6) is 0 Å². The third-order valence-electron chi connectivity index (χ3n) is 0. The van der Waals surface area contributed by atoms with E-state index in [0.717, 1.165) is 0 Å². The molecule has 0 rings (SSSR count). The van der Waals surface area contributed by atoms with E-state index in [0.29, 0.717) is 0 Å². The molecule has 0 N–H and O–H groups in total. The quantitative estimate of drug-likeness (QED) is 0.530. The van der Waals surface area contributed by atoms with Gasteiger partial charge in [-0.15, -0.1) is 0 Å². The van der Waals surface area contributed by atoms with Gasteiger partial charge in [0.15, 0.2) is 0 Å². The van der Waals surface area contributed by atoms with E-state index in [-0.39, 0.29) is 0 Å². The molecule has 0 aromatic heterocycles. The Hall–Kier alpha value is 2.35. The Bertz CT molecular complexity index is 97.7. The van der Waals surface area contributed by atoms with Crippen molar-refractivity contribution in [3.63, 3.8) is 0 Å². The number of rotatable bonds is 0. The third-order valence-corrected chi connectivity index (χ3v) is 0. The van der Waals surface area contributed by atoms with Crippen molar-refractivity contribution < 1.29 is 16.1 Å². The Morgan fingerprint density at radius 3 is 1.08 bits per heavy atom. The van der Waals surface area contributed by atoms with Crippen LogP contribution in [0, 0.1) is 0 Å². The fourth-order valence-corrected chi connectivity index (χ4v) is 0. The molecule has 84 valence electrons. The van der Waals surface area contributed by atoms with Crippen LogP contribution in [0.4, 0.5) is 0 Å². The van der Waals surface area contributed by atoms with Crippen LogP contribution in [0.3, 0.4) is 0 Å². The van der Waals surface area contributed by atoms with Crippen molar-refractivity contribution in [2.45, 2.75) is 0 Å². The average molecular weight is 477 g/mol. The first kappa shape index (κ1) is 19.9. The van der Waals surface area contributed by atoms with Gasteiger partial charge in [0.05, 0.1) is 0 Å². The van der Waals surface area contributed by atoms with Crippen LogP contribution in [0.1, 0.15) is 0 Å². The molecule has 8 heteroatoms. The average Bonchev–Trinajstić information content (AvgIpc) is 1.56. The molecule has 0 saturated heterocycles. The zero-order valence-corrected chi connectivity index (χ0v) is 14.0. The van der Waals surface area contributed by atoms with Crippen molar-refractivity contribution in [1.29, 1.82) is 0 Å². The van der Waals surface area contributed by atoms with Crippen LogP contribution in [-0.4, -0.2) is 29.2 Å². The number of hydrogen-bond acceptors (Lipinski definition) is 2. The van der Waals surface area contributed by atoms with Crippen molar-refractivity contribution in [2.75, 3.05) is 25.0 Å². The molecule has 0 aliphatic heterocycles. The van der Waals surface area contributed by atoms with Gasteiger partial charge in [-0.2, -0.15) is 11.8 Å².